The molecule has 0 aliphatic carbocycles. The number of hydrogen-bond acceptors (Lipinski definition) is 2. The third kappa shape index (κ3) is 2.40. The zero-order chi connectivity index (χ0) is 12.6. The van der Waals surface area contributed by atoms with Crippen molar-refractivity contribution in [3.63, 3.8) is 0 Å². The summed E-state index contributed by atoms with van der Waals surface area (Å²) in [5.41, 5.74) is 0.729. The summed E-state index contributed by atoms with van der Waals surface area (Å²) in [6.07, 6.45) is 1.06. The van der Waals surface area contributed by atoms with Gasteiger partial charge in [-0.2, -0.15) is 0 Å². The van der Waals surface area contributed by atoms with Gasteiger partial charge in [-0.3, -0.25) is 0 Å². The molecule has 1 aromatic rings. The summed E-state index contributed by atoms with van der Waals surface area (Å²) in [6, 6.07) is 4.32. The normalized spacial score (nSPS) is 18.4. The Labute approximate surface area is 99.9 Å². The molecule has 17 heavy (non-hydrogen) atoms. The molecule has 1 heterocycles. The average Bonchev–Trinajstić information content (AvgIpc) is 2.58. The Bertz CT molecular complexity index is 457. The van der Waals surface area contributed by atoms with Gasteiger partial charge < -0.3 is 10.0 Å². The van der Waals surface area contributed by atoms with Crippen molar-refractivity contribution in [2.45, 2.75) is 20.3 Å². The maximum absolute atomic E-state index is 13.5. The predicted octanol–water partition coefficient (Wildman–Crippen LogP) is 2.76. The predicted molar refractivity (Wildman–Crippen MR) is 64.0 cm³/mol. The highest BCUT2D eigenvalue weighted by molar-refractivity contribution is 5.88. The number of halogens is 1. The van der Waals surface area contributed by atoms with E-state index in [0.717, 1.165) is 25.2 Å². The topological polar surface area (TPSA) is 40.5 Å². The largest absolute Gasteiger partial charge is 0.478 e. The first kappa shape index (κ1) is 11.9. The van der Waals surface area contributed by atoms with Crippen molar-refractivity contribution in [1.29, 1.82) is 0 Å². The van der Waals surface area contributed by atoms with Crippen LogP contribution in [0.2, 0.25) is 0 Å². The van der Waals surface area contributed by atoms with E-state index in [0.29, 0.717) is 0 Å². The number of aromatic carboxylic acids is 1. The maximum atomic E-state index is 13.5. The van der Waals surface area contributed by atoms with Crippen LogP contribution in [0.3, 0.4) is 0 Å². The third-order valence-electron chi connectivity index (χ3n) is 3.23. The van der Waals surface area contributed by atoms with Crippen LogP contribution in [-0.2, 0) is 0 Å². The number of benzene rings is 1. The number of nitrogens with zero attached hydrogens (tertiary/aromatic N) is 1. The minimum Gasteiger partial charge on any atom is -0.478 e. The number of carbonyl (C=O) groups is 1. The molecule has 3 nitrogen and oxygen atoms in total. The summed E-state index contributed by atoms with van der Waals surface area (Å²) in [5, 5.41) is 8.75. The lowest BCUT2D eigenvalue weighted by molar-refractivity contribution is 0.0692. The quantitative estimate of drug-likeness (QED) is 0.859. The molecule has 2 rings (SSSR count). The van der Waals surface area contributed by atoms with E-state index in [-0.39, 0.29) is 11.0 Å². The van der Waals surface area contributed by atoms with E-state index >= 15 is 0 Å². The Morgan fingerprint density at radius 3 is 2.65 bits per heavy atom. The Hall–Kier alpha value is -1.58. The van der Waals surface area contributed by atoms with Gasteiger partial charge in [-0.15, -0.1) is 0 Å². The fraction of sp³-hybridized carbons (Fsp3) is 0.462. The van der Waals surface area contributed by atoms with Gasteiger partial charge in [0.2, 0.25) is 0 Å². The molecule has 0 radical (unpaired) electrons. The highest BCUT2D eigenvalue weighted by atomic mass is 19.1. The second-order valence-corrected chi connectivity index (χ2v) is 5.31. The Morgan fingerprint density at radius 1 is 1.47 bits per heavy atom. The van der Waals surface area contributed by atoms with Crippen LogP contribution in [-0.4, -0.2) is 24.2 Å². The Kier molecular flexibility index (Phi) is 2.81. The zero-order valence-corrected chi connectivity index (χ0v) is 10.0. The SMILES string of the molecule is CC1(C)CCN(c2ccc(C(=O)O)c(F)c2)C1. The molecule has 1 aromatic carbocycles. The minimum atomic E-state index is -1.23. The van der Waals surface area contributed by atoms with E-state index in [9.17, 15) is 9.18 Å². The van der Waals surface area contributed by atoms with Gasteiger partial charge >= 0.3 is 5.97 Å². The number of anilines is 1. The van der Waals surface area contributed by atoms with Crippen LogP contribution in [0, 0.1) is 11.2 Å². The van der Waals surface area contributed by atoms with Crippen LogP contribution in [0.5, 0.6) is 0 Å². The van der Waals surface area contributed by atoms with E-state index in [1.165, 1.54) is 12.1 Å². The molecule has 1 N–H and O–H groups in total. The van der Waals surface area contributed by atoms with Crippen molar-refractivity contribution in [3.8, 4) is 0 Å². The Morgan fingerprint density at radius 2 is 2.18 bits per heavy atom. The molecule has 1 aliphatic heterocycles. The molecule has 1 saturated heterocycles. The monoisotopic (exact) mass is 237 g/mol. The fourth-order valence-electron chi connectivity index (χ4n) is 2.21. The van der Waals surface area contributed by atoms with Crippen molar-refractivity contribution in [2.75, 3.05) is 18.0 Å². The lowest BCUT2D eigenvalue weighted by atomic mass is 9.93. The molecule has 0 atom stereocenters. The summed E-state index contributed by atoms with van der Waals surface area (Å²) in [6.45, 7) is 6.11. The molecule has 1 aliphatic rings. The van der Waals surface area contributed by atoms with Gasteiger partial charge in [0.25, 0.3) is 0 Å². The molecule has 0 amide bonds. The zero-order valence-electron chi connectivity index (χ0n) is 10.0. The van der Waals surface area contributed by atoms with E-state index in [4.69, 9.17) is 5.11 Å². The third-order valence-corrected chi connectivity index (χ3v) is 3.23. The van der Waals surface area contributed by atoms with Crippen LogP contribution in [0.25, 0.3) is 0 Å². The van der Waals surface area contributed by atoms with Crippen LogP contribution < -0.4 is 4.90 Å². The molecule has 4 heteroatoms. The number of rotatable bonds is 2. The highest BCUT2D eigenvalue weighted by Crippen LogP contribution is 2.32. The molecule has 0 saturated carbocycles. The first-order valence-corrected chi connectivity index (χ1v) is 5.67. The molecule has 0 bridgehead atoms. The number of carboxylic acid groups (broad SMARTS) is 1. The van der Waals surface area contributed by atoms with Gasteiger partial charge in [-0.1, -0.05) is 13.8 Å². The van der Waals surface area contributed by atoms with Crippen molar-refractivity contribution in [1.82, 2.24) is 0 Å². The number of carboxylic acids is 1. The summed E-state index contributed by atoms with van der Waals surface area (Å²) in [7, 11) is 0. The van der Waals surface area contributed by atoms with Crippen LogP contribution in [0.15, 0.2) is 18.2 Å². The van der Waals surface area contributed by atoms with Gasteiger partial charge in [0.15, 0.2) is 0 Å². The first-order chi connectivity index (χ1) is 7.89. The van der Waals surface area contributed by atoms with E-state index in [1.54, 1.807) is 6.07 Å². The van der Waals surface area contributed by atoms with Gasteiger partial charge in [0.05, 0.1) is 5.56 Å². The van der Waals surface area contributed by atoms with Gasteiger partial charge in [-0.05, 0) is 30.0 Å². The molecule has 0 unspecified atom stereocenters. The molecule has 92 valence electrons. The minimum absolute atomic E-state index is 0.238. The molecule has 1 fully saturated rings. The smallest absolute Gasteiger partial charge is 0.338 e. The second-order valence-electron chi connectivity index (χ2n) is 5.31. The summed E-state index contributed by atoms with van der Waals surface area (Å²) >= 11 is 0. The van der Waals surface area contributed by atoms with Crippen LogP contribution in [0.1, 0.15) is 30.6 Å². The lowest BCUT2D eigenvalue weighted by Crippen LogP contribution is -2.22. The first-order valence-electron chi connectivity index (χ1n) is 5.67. The second kappa shape index (κ2) is 4.02. The standard InChI is InChI=1S/C13H16FNO2/c1-13(2)5-6-15(8-13)9-3-4-10(12(16)17)11(14)7-9/h3-4,7H,5-6,8H2,1-2H3,(H,16,17). The fourth-order valence-corrected chi connectivity index (χ4v) is 2.21. The molecule has 0 spiro atoms. The molecule has 0 aromatic heterocycles. The maximum Gasteiger partial charge on any atom is 0.338 e. The van der Waals surface area contributed by atoms with Crippen molar-refractivity contribution in [2.24, 2.45) is 5.41 Å². The lowest BCUT2D eigenvalue weighted by Gasteiger charge is -2.21. The molecular formula is C13H16FNO2. The summed E-state index contributed by atoms with van der Waals surface area (Å²) in [5.74, 6) is -1.89. The van der Waals surface area contributed by atoms with E-state index in [1.807, 2.05) is 0 Å². The van der Waals surface area contributed by atoms with Crippen LogP contribution in [0.4, 0.5) is 10.1 Å². The molecular weight excluding hydrogens is 221 g/mol. The average molecular weight is 237 g/mol. The van der Waals surface area contributed by atoms with E-state index in [2.05, 4.69) is 18.7 Å². The Balaban J connectivity index is 2.24. The highest BCUT2D eigenvalue weighted by Gasteiger charge is 2.29. The van der Waals surface area contributed by atoms with Crippen molar-refractivity contribution in [3.05, 3.63) is 29.6 Å². The number of hydrogen-bond donors (Lipinski definition) is 1. The summed E-state index contributed by atoms with van der Waals surface area (Å²) < 4.78 is 13.5. The van der Waals surface area contributed by atoms with Gasteiger partial charge in [0, 0.05) is 18.8 Å². The van der Waals surface area contributed by atoms with Crippen molar-refractivity contribution >= 4 is 11.7 Å². The van der Waals surface area contributed by atoms with E-state index < -0.39 is 11.8 Å². The van der Waals surface area contributed by atoms with Crippen LogP contribution >= 0.6 is 0 Å². The van der Waals surface area contributed by atoms with Crippen molar-refractivity contribution < 1.29 is 14.3 Å². The van der Waals surface area contributed by atoms with Gasteiger partial charge in [-0.25, -0.2) is 9.18 Å². The van der Waals surface area contributed by atoms with Gasteiger partial charge in [0.1, 0.15) is 5.82 Å². The summed E-state index contributed by atoms with van der Waals surface area (Å²) in [4.78, 5) is 12.8.